The molecule has 4 aromatic heterocycles. The Kier molecular flexibility index (Phi) is 21.2. The van der Waals surface area contributed by atoms with Crippen molar-refractivity contribution in [3.63, 3.8) is 0 Å². The van der Waals surface area contributed by atoms with Gasteiger partial charge in [0.1, 0.15) is 22.1 Å². The van der Waals surface area contributed by atoms with Crippen LogP contribution in [-0.2, 0) is 16.2 Å². The molecule has 0 fully saturated rings. The van der Waals surface area contributed by atoms with Crippen LogP contribution in [-0.4, -0.2) is 17.5 Å². The van der Waals surface area contributed by atoms with E-state index in [-0.39, 0.29) is 16.2 Å². The highest BCUT2D eigenvalue weighted by molar-refractivity contribution is 7.24. The highest BCUT2D eigenvalue weighted by atomic mass is 32.1. The summed E-state index contributed by atoms with van der Waals surface area (Å²) in [7, 11) is 0. The molecule has 4 nitrogen and oxygen atoms in total. The van der Waals surface area contributed by atoms with Gasteiger partial charge in [0.2, 0.25) is 0 Å². The molecule has 3 aromatic carbocycles. The van der Waals surface area contributed by atoms with Crippen LogP contribution < -0.4 is 0 Å². The molecule has 0 saturated heterocycles. The maximum atomic E-state index is 5.49. The Morgan fingerprint density at radius 2 is 0.679 bits per heavy atom. The third kappa shape index (κ3) is 12.5. The first-order chi connectivity index (χ1) is 39.6. The summed E-state index contributed by atoms with van der Waals surface area (Å²) in [5, 5.41) is 0. The predicted molar refractivity (Wildman–Crippen MR) is 358 cm³/mol. The summed E-state index contributed by atoms with van der Waals surface area (Å²) in [5.74, 6) is 0. The van der Waals surface area contributed by atoms with E-state index < -0.39 is 0 Å². The van der Waals surface area contributed by atoms with Crippen molar-refractivity contribution in [2.24, 2.45) is 0 Å². The Morgan fingerprint density at radius 1 is 0.333 bits per heavy atom. The van der Waals surface area contributed by atoms with Crippen LogP contribution in [0.15, 0.2) is 36.4 Å². The topological polar surface area (TPSA) is 51.6 Å². The predicted octanol–water partition coefficient (Wildman–Crippen LogP) is 25.1. The van der Waals surface area contributed by atoms with E-state index in [1.165, 1.54) is 319 Å². The molecule has 81 heavy (non-hydrogen) atoms. The minimum atomic E-state index is -0.126. The van der Waals surface area contributed by atoms with Gasteiger partial charge < -0.3 is 0 Å². The van der Waals surface area contributed by atoms with Crippen LogP contribution in [0.5, 0.6) is 0 Å². The molecule has 10 rings (SSSR count). The maximum Gasteiger partial charge on any atom is 0.114 e. The Morgan fingerprint density at radius 3 is 1.12 bits per heavy atom. The number of nitrogens with zero attached hydrogens (tertiary/aromatic N) is 4. The minimum Gasteiger partial charge on any atom is -0.173 e. The number of fused-ring (bicyclic) bond motifs is 13. The van der Waals surface area contributed by atoms with E-state index in [1.54, 1.807) is 22.3 Å². The fourth-order valence-corrected chi connectivity index (χ4v) is 19.5. The minimum absolute atomic E-state index is 0.0170. The largest absolute Gasteiger partial charge is 0.173 e. The fraction of sp³-hybridized carbons (Fsp3) is 0.644. The normalized spacial score (nSPS) is 15.0. The van der Waals surface area contributed by atoms with Crippen molar-refractivity contribution < 1.29 is 0 Å². The summed E-state index contributed by atoms with van der Waals surface area (Å²) in [6, 6.07) is 16.0. The summed E-state index contributed by atoms with van der Waals surface area (Å²) in [6.45, 7) is 18.9. The molecule has 0 atom stereocenters. The lowest BCUT2D eigenvalue weighted by Crippen LogP contribution is -2.27. The Labute approximate surface area is 507 Å². The quantitative estimate of drug-likeness (QED) is 0.0364. The van der Waals surface area contributed by atoms with Crippen molar-refractivity contribution >= 4 is 68.2 Å². The number of aromatic nitrogens is 4. The number of hydrogen-bond donors (Lipinski definition) is 0. The van der Waals surface area contributed by atoms with Gasteiger partial charge in [0.05, 0.1) is 23.5 Å². The molecule has 438 valence electrons. The molecule has 8 heteroatoms. The Bertz CT molecular complexity index is 3120. The number of thiophene rings is 2. The molecule has 3 aliphatic carbocycles. The zero-order chi connectivity index (χ0) is 56.4. The lowest BCUT2D eigenvalue weighted by atomic mass is 9.68. The van der Waals surface area contributed by atoms with Crippen LogP contribution in [0.1, 0.15) is 317 Å². The average Bonchev–Trinajstić information content (AvgIpc) is 4.46. The summed E-state index contributed by atoms with van der Waals surface area (Å²) in [6.07, 6.45) is 47.6. The van der Waals surface area contributed by atoms with Gasteiger partial charge in [-0.2, -0.15) is 17.5 Å². The monoisotopic (exact) mass is 1160 g/mol. The Balaban J connectivity index is 1.13. The van der Waals surface area contributed by atoms with E-state index >= 15 is 0 Å². The third-order valence-electron chi connectivity index (χ3n) is 20.3. The first-order valence-corrected chi connectivity index (χ1v) is 36.7. The van der Waals surface area contributed by atoms with E-state index in [4.69, 9.17) is 17.5 Å². The van der Waals surface area contributed by atoms with E-state index in [9.17, 15) is 0 Å². The van der Waals surface area contributed by atoms with Crippen LogP contribution in [0, 0.1) is 13.8 Å². The smallest absolute Gasteiger partial charge is 0.114 e. The van der Waals surface area contributed by atoms with Gasteiger partial charge in [0.15, 0.2) is 0 Å². The van der Waals surface area contributed by atoms with Crippen molar-refractivity contribution in [2.45, 2.75) is 303 Å². The second kappa shape index (κ2) is 28.3. The van der Waals surface area contributed by atoms with Gasteiger partial charge >= 0.3 is 0 Å². The van der Waals surface area contributed by atoms with Crippen LogP contribution >= 0.6 is 46.1 Å². The zero-order valence-corrected chi connectivity index (χ0v) is 55.1. The number of unbranched alkanes of at least 4 members (excludes halogenated alkanes) is 28. The molecule has 0 saturated carbocycles. The summed E-state index contributed by atoms with van der Waals surface area (Å²) < 4.78 is 21.2. The zero-order valence-electron chi connectivity index (χ0n) is 51.8. The van der Waals surface area contributed by atoms with Gasteiger partial charge in [0, 0.05) is 52.4 Å². The molecule has 0 aliphatic heterocycles. The van der Waals surface area contributed by atoms with Crippen molar-refractivity contribution in [3.05, 3.63) is 80.2 Å². The standard InChI is InChI=1S/C73H102N4S4/c1-9-13-17-21-25-29-33-37-41-72(42-38-34-30-26-22-18-14-10-2)56-48-54-57(47-53(56)63-58(72)45-51(5)65-67(63)76-80-74-65)73(43-39-35-31-27-23-19-15-11-3,44-40-36-32-28-24-20-16-12-4)59-49-55(66-68(64(54)59)77-81-75-66)62-50-61-70(79-62)69-60(71(61,7)8)46-52(6)78-69/h45-50H,9-44H2,1-8H3. The van der Waals surface area contributed by atoms with Crippen LogP contribution in [0.2, 0.25) is 0 Å². The van der Waals surface area contributed by atoms with E-state index in [0.717, 1.165) is 22.1 Å². The fourth-order valence-electron chi connectivity index (χ4n) is 15.6. The summed E-state index contributed by atoms with van der Waals surface area (Å²) in [4.78, 5) is 5.75. The number of rotatable bonds is 37. The summed E-state index contributed by atoms with van der Waals surface area (Å²) in [5.41, 5.74) is 22.0. The van der Waals surface area contributed by atoms with Gasteiger partial charge in [-0.15, -0.1) is 22.7 Å². The number of benzene rings is 3. The maximum absolute atomic E-state index is 5.49. The molecule has 4 heterocycles. The van der Waals surface area contributed by atoms with E-state index in [0.29, 0.717) is 0 Å². The van der Waals surface area contributed by atoms with Crippen LogP contribution in [0.25, 0.3) is 64.5 Å². The molecule has 0 unspecified atom stereocenters. The van der Waals surface area contributed by atoms with Crippen molar-refractivity contribution in [3.8, 4) is 42.4 Å². The molecule has 0 radical (unpaired) electrons. The molecule has 0 spiro atoms. The highest BCUT2D eigenvalue weighted by Gasteiger charge is 2.50. The van der Waals surface area contributed by atoms with Gasteiger partial charge in [-0.3, -0.25) is 0 Å². The highest BCUT2D eigenvalue weighted by Crippen LogP contribution is 2.64. The molecule has 0 N–H and O–H groups in total. The number of aryl methyl sites for hydroxylation is 2. The van der Waals surface area contributed by atoms with Gasteiger partial charge in [-0.05, 0) is 120 Å². The molecular weight excluding hydrogens is 1060 g/mol. The van der Waals surface area contributed by atoms with Crippen molar-refractivity contribution in [1.82, 2.24) is 17.5 Å². The van der Waals surface area contributed by atoms with Gasteiger partial charge in [0.25, 0.3) is 0 Å². The second-order valence-electron chi connectivity index (χ2n) is 26.5. The molecule has 7 aromatic rings. The molecular formula is C73H102N4S4. The number of hydrogen-bond acceptors (Lipinski definition) is 8. The van der Waals surface area contributed by atoms with Crippen molar-refractivity contribution in [2.75, 3.05) is 0 Å². The average molecular weight is 1160 g/mol. The van der Waals surface area contributed by atoms with Crippen LogP contribution in [0.4, 0.5) is 0 Å². The SMILES string of the molecule is CCCCCCCCCCC1(CCCCCCCCCC)c2cc3c(cc2-c2c1cc(C)c1nsnc21)C(CCCCCCCCCC)(CCCCCCCCCC)c1cc(-c2cc4c(s2)-c2sc(C)cc2C4(C)C)c2nsnc2c1-3. The molecule has 0 amide bonds. The van der Waals surface area contributed by atoms with E-state index in [1.807, 2.05) is 22.7 Å². The lowest BCUT2D eigenvalue weighted by molar-refractivity contribution is 0.394. The summed E-state index contributed by atoms with van der Waals surface area (Å²) >= 11 is 6.88. The Hall–Kier alpha value is -3.30. The third-order valence-corrected chi connectivity index (χ3v) is 23.7. The van der Waals surface area contributed by atoms with Crippen molar-refractivity contribution in [1.29, 1.82) is 0 Å². The van der Waals surface area contributed by atoms with Crippen LogP contribution in [0.3, 0.4) is 0 Å². The van der Waals surface area contributed by atoms with Gasteiger partial charge in [-0.1, -0.05) is 253 Å². The first-order valence-electron chi connectivity index (χ1n) is 33.6. The molecule has 0 bridgehead atoms. The lowest BCUT2D eigenvalue weighted by Gasteiger charge is -2.35. The van der Waals surface area contributed by atoms with Gasteiger partial charge in [-0.25, -0.2) is 0 Å². The second-order valence-corrected chi connectivity index (χ2v) is 29.8. The first kappa shape index (κ1) is 60.8. The molecule has 3 aliphatic rings. The van der Waals surface area contributed by atoms with E-state index in [2.05, 4.69) is 91.8 Å².